The first-order valence-electron chi connectivity index (χ1n) is 7.04. The van der Waals surface area contributed by atoms with Crippen LogP contribution in [0.15, 0.2) is 55.1 Å². The van der Waals surface area contributed by atoms with Gasteiger partial charge in [0.2, 0.25) is 5.91 Å². The second-order valence-corrected chi connectivity index (χ2v) is 4.92. The van der Waals surface area contributed by atoms with Crippen molar-refractivity contribution >= 4 is 17.5 Å². The van der Waals surface area contributed by atoms with Crippen LogP contribution in [0.1, 0.15) is 26.3 Å². The number of carbonyl (C=O) groups excluding carboxylic acids is 2. The molecule has 3 N–H and O–H groups in total. The summed E-state index contributed by atoms with van der Waals surface area (Å²) >= 11 is 0. The summed E-state index contributed by atoms with van der Waals surface area (Å²) in [5.74, 6) is -0.0378. The molecule has 2 rings (SSSR count). The number of amides is 2. The number of carbonyl (C=O) groups is 2. The lowest BCUT2D eigenvalue weighted by molar-refractivity contribution is 0.0998. The monoisotopic (exact) mass is 310 g/mol. The number of nitrogens with two attached hydrogens (primary N) is 1. The zero-order chi connectivity index (χ0) is 16.8. The van der Waals surface area contributed by atoms with Crippen LogP contribution in [0.3, 0.4) is 0 Å². The smallest absolute Gasteiger partial charge is 0.255 e. The minimum absolute atomic E-state index is 0.246. The van der Waals surface area contributed by atoms with Gasteiger partial charge in [0.1, 0.15) is 5.75 Å². The predicted molar refractivity (Wildman–Crippen MR) is 89.8 cm³/mol. The fraction of sp³-hybridized carbons (Fsp3) is 0.111. The molecule has 0 unspecified atom stereocenters. The number of allylic oxidation sites excluding steroid dienone is 1. The highest BCUT2D eigenvalue weighted by atomic mass is 16.5. The molecular weight excluding hydrogens is 292 g/mol. The van der Waals surface area contributed by atoms with Crippen LogP contribution in [0, 0.1) is 0 Å². The molecule has 0 aliphatic heterocycles. The van der Waals surface area contributed by atoms with E-state index in [2.05, 4.69) is 11.9 Å². The Morgan fingerprint density at radius 1 is 1.17 bits per heavy atom. The number of hydrogen-bond donors (Lipinski definition) is 2. The summed E-state index contributed by atoms with van der Waals surface area (Å²) < 4.78 is 5.26. The van der Waals surface area contributed by atoms with Gasteiger partial charge >= 0.3 is 0 Å². The second-order valence-electron chi connectivity index (χ2n) is 4.92. The quantitative estimate of drug-likeness (QED) is 0.805. The summed E-state index contributed by atoms with van der Waals surface area (Å²) in [6.45, 7) is 3.70. The van der Waals surface area contributed by atoms with E-state index in [4.69, 9.17) is 10.5 Å². The Balaban J connectivity index is 2.18. The van der Waals surface area contributed by atoms with Crippen LogP contribution < -0.4 is 15.8 Å². The van der Waals surface area contributed by atoms with E-state index in [1.54, 1.807) is 55.7 Å². The first-order chi connectivity index (χ1) is 11.0. The molecule has 0 bridgehead atoms. The molecule has 0 aliphatic rings. The van der Waals surface area contributed by atoms with Crippen LogP contribution >= 0.6 is 0 Å². The van der Waals surface area contributed by atoms with E-state index in [9.17, 15) is 9.59 Å². The summed E-state index contributed by atoms with van der Waals surface area (Å²) in [7, 11) is 1.59. The van der Waals surface area contributed by atoms with Crippen molar-refractivity contribution in [3.8, 4) is 5.75 Å². The minimum atomic E-state index is -0.507. The largest absolute Gasteiger partial charge is 0.496 e. The van der Waals surface area contributed by atoms with Crippen molar-refractivity contribution in [2.45, 2.75) is 6.42 Å². The SMILES string of the molecule is C=CCc1cc(C(=O)Nc2ccc(C(N)=O)cc2)ccc1OC. The van der Waals surface area contributed by atoms with E-state index >= 15 is 0 Å². The zero-order valence-electron chi connectivity index (χ0n) is 12.8. The summed E-state index contributed by atoms with van der Waals surface area (Å²) in [5, 5.41) is 2.77. The van der Waals surface area contributed by atoms with E-state index < -0.39 is 5.91 Å². The molecule has 2 aromatic carbocycles. The molecular formula is C18H18N2O3. The highest BCUT2D eigenvalue weighted by Gasteiger charge is 2.10. The number of nitrogens with one attached hydrogen (secondary N) is 1. The average molecular weight is 310 g/mol. The molecule has 0 heterocycles. The molecule has 0 spiro atoms. The number of ether oxygens (including phenoxy) is 1. The van der Waals surface area contributed by atoms with Crippen molar-refractivity contribution in [1.82, 2.24) is 0 Å². The highest BCUT2D eigenvalue weighted by Crippen LogP contribution is 2.21. The van der Waals surface area contributed by atoms with E-state index in [0.29, 0.717) is 29.0 Å². The van der Waals surface area contributed by atoms with Gasteiger partial charge in [0, 0.05) is 16.8 Å². The van der Waals surface area contributed by atoms with Crippen molar-refractivity contribution in [3.63, 3.8) is 0 Å². The maximum absolute atomic E-state index is 12.3. The molecule has 0 saturated carbocycles. The van der Waals surface area contributed by atoms with Crippen LogP contribution in [-0.4, -0.2) is 18.9 Å². The molecule has 5 heteroatoms. The lowest BCUT2D eigenvalue weighted by Crippen LogP contribution is -2.13. The third kappa shape index (κ3) is 3.97. The lowest BCUT2D eigenvalue weighted by Gasteiger charge is -2.10. The maximum Gasteiger partial charge on any atom is 0.255 e. The summed E-state index contributed by atoms with van der Waals surface area (Å²) in [6.07, 6.45) is 2.36. The Bertz CT molecular complexity index is 736. The average Bonchev–Trinajstić information content (AvgIpc) is 2.55. The van der Waals surface area contributed by atoms with Crippen molar-refractivity contribution in [1.29, 1.82) is 0 Å². The summed E-state index contributed by atoms with van der Waals surface area (Å²) in [6, 6.07) is 11.6. The predicted octanol–water partition coefficient (Wildman–Crippen LogP) is 2.77. The molecule has 0 aromatic heterocycles. The number of methoxy groups -OCH3 is 1. The van der Waals surface area contributed by atoms with Gasteiger partial charge in [-0.25, -0.2) is 0 Å². The maximum atomic E-state index is 12.3. The van der Waals surface area contributed by atoms with Gasteiger partial charge in [-0.2, -0.15) is 0 Å². The fourth-order valence-electron chi connectivity index (χ4n) is 2.16. The van der Waals surface area contributed by atoms with Gasteiger partial charge in [0.15, 0.2) is 0 Å². The van der Waals surface area contributed by atoms with E-state index in [1.165, 1.54) is 0 Å². The van der Waals surface area contributed by atoms with E-state index in [1.807, 2.05) is 0 Å². The Labute approximate surface area is 134 Å². The standard InChI is InChI=1S/C18H18N2O3/c1-3-4-13-11-14(7-10-16(13)23-2)18(22)20-15-8-5-12(6-9-15)17(19)21/h3,5-11H,1,4H2,2H3,(H2,19,21)(H,20,22). The Morgan fingerprint density at radius 2 is 1.83 bits per heavy atom. The van der Waals surface area contributed by atoms with Gasteiger partial charge in [-0.05, 0) is 54.4 Å². The Kier molecular flexibility index (Phi) is 5.15. The van der Waals surface area contributed by atoms with Crippen LogP contribution in [0.5, 0.6) is 5.75 Å². The zero-order valence-corrected chi connectivity index (χ0v) is 12.8. The van der Waals surface area contributed by atoms with Crippen molar-refractivity contribution in [3.05, 3.63) is 71.8 Å². The lowest BCUT2D eigenvalue weighted by atomic mass is 10.1. The van der Waals surface area contributed by atoms with Crippen molar-refractivity contribution in [2.24, 2.45) is 5.73 Å². The molecule has 2 aromatic rings. The number of benzene rings is 2. The van der Waals surface area contributed by atoms with E-state index in [0.717, 1.165) is 5.56 Å². The Hall–Kier alpha value is -3.08. The Morgan fingerprint density at radius 3 is 2.39 bits per heavy atom. The molecule has 23 heavy (non-hydrogen) atoms. The fourth-order valence-corrected chi connectivity index (χ4v) is 2.16. The molecule has 0 fully saturated rings. The highest BCUT2D eigenvalue weighted by molar-refractivity contribution is 6.04. The van der Waals surface area contributed by atoms with Crippen LogP contribution in [0.2, 0.25) is 0 Å². The van der Waals surface area contributed by atoms with Gasteiger partial charge in [0.05, 0.1) is 7.11 Å². The molecule has 0 radical (unpaired) electrons. The molecule has 118 valence electrons. The third-order valence-corrected chi connectivity index (χ3v) is 3.33. The number of rotatable bonds is 6. The van der Waals surface area contributed by atoms with Crippen molar-refractivity contribution in [2.75, 3.05) is 12.4 Å². The van der Waals surface area contributed by atoms with Gasteiger partial charge in [-0.3, -0.25) is 9.59 Å². The first kappa shape index (κ1) is 16.3. The summed E-state index contributed by atoms with van der Waals surface area (Å²) in [5.41, 5.74) is 7.56. The normalized spacial score (nSPS) is 9.96. The number of anilines is 1. The van der Waals surface area contributed by atoms with Gasteiger partial charge in [-0.1, -0.05) is 6.08 Å². The summed E-state index contributed by atoms with van der Waals surface area (Å²) in [4.78, 5) is 23.3. The number of hydrogen-bond acceptors (Lipinski definition) is 3. The minimum Gasteiger partial charge on any atom is -0.496 e. The third-order valence-electron chi connectivity index (χ3n) is 3.33. The van der Waals surface area contributed by atoms with E-state index in [-0.39, 0.29) is 5.91 Å². The van der Waals surface area contributed by atoms with Crippen LogP contribution in [0.4, 0.5) is 5.69 Å². The molecule has 0 saturated heterocycles. The number of primary amides is 1. The van der Waals surface area contributed by atoms with Crippen molar-refractivity contribution < 1.29 is 14.3 Å². The van der Waals surface area contributed by atoms with Gasteiger partial charge in [-0.15, -0.1) is 6.58 Å². The molecule has 0 atom stereocenters. The molecule has 0 aliphatic carbocycles. The van der Waals surface area contributed by atoms with Crippen LogP contribution in [-0.2, 0) is 6.42 Å². The molecule has 5 nitrogen and oxygen atoms in total. The van der Waals surface area contributed by atoms with Gasteiger partial charge in [0.25, 0.3) is 5.91 Å². The molecule has 2 amide bonds. The topological polar surface area (TPSA) is 81.4 Å². The second kappa shape index (κ2) is 7.26. The van der Waals surface area contributed by atoms with Crippen LogP contribution in [0.25, 0.3) is 0 Å². The van der Waals surface area contributed by atoms with Gasteiger partial charge < -0.3 is 15.8 Å². The first-order valence-corrected chi connectivity index (χ1v) is 7.04.